The topological polar surface area (TPSA) is 76.4 Å². The zero-order chi connectivity index (χ0) is 7.23. The molecule has 0 amide bonds. The number of nitrogens with one attached hydrogen (secondary N) is 1. The summed E-state index contributed by atoms with van der Waals surface area (Å²) in [6.45, 7) is 2.72. The summed E-state index contributed by atoms with van der Waals surface area (Å²) in [5, 5.41) is 5.09. The van der Waals surface area contributed by atoms with Crippen LogP contribution < -0.4 is 5.43 Å². The summed E-state index contributed by atoms with van der Waals surface area (Å²) in [5.41, 5.74) is 10.7. The van der Waals surface area contributed by atoms with Crippen molar-refractivity contribution < 1.29 is 0 Å². The van der Waals surface area contributed by atoms with Crippen LogP contribution in [0.2, 0.25) is 0 Å². The maximum Gasteiger partial charge on any atom is 0.158 e. The molecule has 53 valence electrons. The summed E-state index contributed by atoms with van der Waals surface area (Å²) in [7, 11) is 0. The maximum atomic E-state index is 7.92. The van der Waals surface area contributed by atoms with Crippen LogP contribution in [0.5, 0.6) is 0 Å². The second kappa shape index (κ2) is 3.71. The molecule has 1 aliphatic rings. The summed E-state index contributed by atoms with van der Waals surface area (Å²) < 4.78 is 0. The fraction of sp³-hybridized carbons (Fsp3) is 0.500. The Balaban J connectivity index is 2.08. The van der Waals surface area contributed by atoms with Gasteiger partial charge in [-0.2, -0.15) is 5.01 Å². The van der Waals surface area contributed by atoms with Crippen molar-refractivity contribution >= 4 is 6.34 Å². The van der Waals surface area contributed by atoms with Gasteiger partial charge in [0, 0.05) is 18.0 Å². The Morgan fingerprint density at radius 3 is 3.30 bits per heavy atom. The predicted molar refractivity (Wildman–Crippen MR) is 36.6 cm³/mol. The molecule has 1 N–H and O–H groups in total. The minimum absolute atomic E-state index is 0.448. The fourth-order valence-electron chi connectivity index (χ4n) is 0.574. The Hall–Kier alpha value is -1.26. The molecule has 0 spiro atoms. The van der Waals surface area contributed by atoms with Gasteiger partial charge in [0.1, 0.15) is 0 Å². The zero-order valence-corrected chi connectivity index (χ0v) is 5.30. The molecule has 0 saturated heterocycles. The molecule has 0 unspecified atom stereocenters. The first-order valence-corrected chi connectivity index (χ1v) is 2.82. The van der Waals surface area contributed by atoms with E-state index in [1.54, 1.807) is 18.0 Å². The lowest BCUT2D eigenvalue weighted by Crippen LogP contribution is -2.31. The van der Waals surface area contributed by atoms with E-state index in [4.69, 9.17) is 5.53 Å². The van der Waals surface area contributed by atoms with Crippen molar-refractivity contribution in [2.75, 3.05) is 13.1 Å². The van der Waals surface area contributed by atoms with E-state index in [2.05, 4.69) is 20.4 Å². The molecule has 0 aromatic rings. The summed E-state index contributed by atoms with van der Waals surface area (Å²) in [4.78, 5) is 6.39. The lowest BCUT2D eigenvalue weighted by molar-refractivity contribution is 0.324. The van der Waals surface area contributed by atoms with Crippen LogP contribution in [0.1, 0.15) is 0 Å². The molecular weight excluding hydrogens is 132 g/mol. The highest BCUT2D eigenvalue weighted by Gasteiger charge is 2.04. The highest BCUT2D eigenvalue weighted by atomic mass is 15.6. The average molecular weight is 139 g/mol. The van der Waals surface area contributed by atoms with Gasteiger partial charge in [-0.05, 0) is 5.53 Å². The number of hydrogen-bond acceptors (Lipinski definition) is 4. The van der Waals surface area contributed by atoms with E-state index in [0.717, 1.165) is 0 Å². The van der Waals surface area contributed by atoms with Crippen molar-refractivity contribution in [2.45, 2.75) is 0 Å². The number of hydrogen-bond donors (Lipinski definition) is 1. The lowest BCUT2D eigenvalue weighted by Gasteiger charge is -2.10. The van der Waals surface area contributed by atoms with E-state index < -0.39 is 0 Å². The van der Waals surface area contributed by atoms with Crippen molar-refractivity contribution in [3.63, 3.8) is 0 Å². The number of rotatable bonds is 3. The first-order valence-electron chi connectivity index (χ1n) is 2.82. The van der Waals surface area contributed by atoms with Gasteiger partial charge in [0.25, 0.3) is 0 Å². The smallest absolute Gasteiger partial charge is 0.158 e. The quantitative estimate of drug-likeness (QED) is 0.346. The minimum atomic E-state index is 0.448. The second-order valence-corrected chi connectivity index (χ2v) is 1.67. The summed E-state index contributed by atoms with van der Waals surface area (Å²) in [6.07, 6.45) is 1.57. The van der Waals surface area contributed by atoms with Crippen molar-refractivity contribution in [3.05, 3.63) is 17.1 Å². The van der Waals surface area contributed by atoms with Gasteiger partial charge in [0.2, 0.25) is 0 Å². The van der Waals surface area contributed by atoms with Gasteiger partial charge >= 0.3 is 0 Å². The SMILES string of the molecule is [N-]=[N+]=NCCN1[CH]N=CN1. The molecule has 10 heavy (non-hydrogen) atoms. The van der Waals surface area contributed by atoms with Gasteiger partial charge in [0.05, 0.1) is 6.34 Å². The zero-order valence-electron chi connectivity index (χ0n) is 5.30. The third kappa shape index (κ3) is 1.93. The molecule has 0 aliphatic carbocycles. The highest BCUT2D eigenvalue weighted by Crippen LogP contribution is 1.92. The van der Waals surface area contributed by atoms with Gasteiger partial charge in [-0.15, -0.1) is 0 Å². The van der Waals surface area contributed by atoms with Crippen molar-refractivity contribution in [2.24, 2.45) is 10.1 Å². The molecule has 0 atom stereocenters. The van der Waals surface area contributed by atoms with E-state index in [0.29, 0.717) is 13.1 Å². The summed E-state index contributed by atoms with van der Waals surface area (Å²) in [6, 6.07) is 0. The molecule has 1 aliphatic heterocycles. The first-order chi connectivity index (χ1) is 4.93. The molecule has 1 radical (unpaired) electrons. The average Bonchev–Trinajstić information content (AvgIpc) is 2.41. The van der Waals surface area contributed by atoms with E-state index in [1.165, 1.54) is 0 Å². The van der Waals surface area contributed by atoms with E-state index in [1.807, 2.05) is 0 Å². The Morgan fingerprint density at radius 1 is 1.80 bits per heavy atom. The third-order valence-corrected chi connectivity index (χ3v) is 1.01. The first kappa shape index (κ1) is 6.85. The van der Waals surface area contributed by atoms with Crippen LogP contribution in [0.3, 0.4) is 0 Å². The Bertz CT molecular complexity index is 161. The van der Waals surface area contributed by atoms with Crippen LogP contribution in [0.25, 0.3) is 10.4 Å². The number of azide groups is 1. The van der Waals surface area contributed by atoms with Gasteiger partial charge in [0.15, 0.2) is 6.67 Å². The van der Waals surface area contributed by atoms with Gasteiger partial charge in [-0.25, -0.2) is 0 Å². The van der Waals surface area contributed by atoms with E-state index in [9.17, 15) is 0 Å². The van der Waals surface area contributed by atoms with E-state index >= 15 is 0 Å². The summed E-state index contributed by atoms with van der Waals surface area (Å²) in [5.74, 6) is 0. The van der Waals surface area contributed by atoms with E-state index in [-0.39, 0.29) is 0 Å². The number of hydrazine groups is 1. The molecule has 0 saturated carbocycles. The molecule has 1 heterocycles. The van der Waals surface area contributed by atoms with Gasteiger partial charge in [-0.1, -0.05) is 5.11 Å². The molecule has 0 aromatic carbocycles. The van der Waals surface area contributed by atoms with Crippen molar-refractivity contribution in [1.29, 1.82) is 0 Å². The summed E-state index contributed by atoms with van der Waals surface area (Å²) >= 11 is 0. The predicted octanol–water partition coefficient (Wildman–Crippen LogP) is 0.264. The van der Waals surface area contributed by atoms with Crippen LogP contribution in [0, 0.1) is 6.67 Å². The molecule has 0 aromatic heterocycles. The van der Waals surface area contributed by atoms with Crippen LogP contribution in [0.15, 0.2) is 10.1 Å². The molecule has 6 heteroatoms. The number of nitrogens with zero attached hydrogens (tertiary/aromatic N) is 5. The maximum absolute atomic E-state index is 7.92. The molecule has 6 nitrogen and oxygen atoms in total. The molecule has 1 rings (SSSR count). The Labute approximate surface area is 58.1 Å². The molecule has 0 bridgehead atoms. The van der Waals surface area contributed by atoms with Crippen molar-refractivity contribution in [1.82, 2.24) is 10.4 Å². The van der Waals surface area contributed by atoms with Gasteiger partial charge in [-0.3, -0.25) is 4.99 Å². The third-order valence-electron chi connectivity index (χ3n) is 1.01. The normalized spacial score (nSPS) is 16.4. The molecule has 0 fully saturated rings. The minimum Gasteiger partial charge on any atom is -0.307 e. The lowest BCUT2D eigenvalue weighted by atomic mass is 10.6. The second-order valence-electron chi connectivity index (χ2n) is 1.67. The fourth-order valence-corrected chi connectivity index (χ4v) is 0.574. The molecular formula is C4H7N6. The monoisotopic (exact) mass is 139 g/mol. The van der Waals surface area contributed by atoms with Crippen molar-refractivity contribution in [3.8, 4) is 0 Å². The Morgan fingerprint density at radius 2 is 2.70 bits per heavy atom. The van der Waals surface area contributed by atoms with Crippen LogP contribution in [0.4, 0.5) is 0 Å². The standard InChI is InChI=1S/C4H7N6/c5-9-7-1-2-10-4-6-3-8-10/h3-4H,1-2H2,(H,6,8). The van der Waals surface area contributed by atoms with Crippen LogP contribution >= 0.6 is 0 Å². The van der Waals surface area contributed by atoms with Crippen LogP contribution in [-0.4, -0.2) is 24.4 Å². The number of aliphatic imine (C=N–C) groups is 1. The van der Waals surface area contributed by atoms with Crippen LogP contribution in [-0.2, 0) is 0 Å². The van der Waals surface area contributed by atoms with Gasteiger partial charge < -0.3 is 5.43 Å². The largest absolute Gasteiger partial charge is 0.307 e. The highest BCUT2D eigenvalue weighted by molar-refractivity contribution is 5.56. The Kier molecular flexibility index (Phi) is 2.54.